The fourth-order valence-corrected chi connectivity index (χ4v) is 5.20. The second-order valence-corrected chi connectivity index (χ2v) is 9.85. The first kappa shape index (κ1) is 22.5. The van der Waals surface area contributed by atoms with Crippen LogP contribution in [0.15, 0.2) is 22.5 Å². The molecule has 0 spiro atoms. The number of thiophene rings is 1. The zero-order chi connectivity index (χ0) is 20.7. The lowest BCUT2D eigenvalue weighted by Gasteiger charge is -2.41. The summed E-state index contributed by atoms with van der Waals surface area (Å²) in [4.78, 5) is 11.0. The molecule has 2 atom stereocenters. The first-order valence-corrected chi connectivity index (χ1v) is 12.0. The standard InChI is InChI=1S/C22H39N5OS/c1-18-16-26(12-13-28-18)19(20-9-8-14-29-20)15-24-21(23-4)25-17-22(2,3)27-10-6-5-7-11-27/h8-9,14,18-19H,5-7,10-13,15-17H2,1-4H3,(H2,23,24,25). The van der Waals surface area contributed by atoms with Gasteiger partial charge in [0, 0.05) is 43.6 Å². The Bertz CT molecular complexity index is 627. The summed E-state index contributed by atoms with van der Waals surface area (Å²) in [5, 5.41) is 9.33. The van der Waals surface area contributed by atoms with Crippen LogP contribution in [0, 0.1) is 0 Å². The lowest BCUT2D eigenvalue weighted by molar-refractivity contribution is -0.0334. The van der Waals surface area contributed by atoms with Gasteiger partial charge in [0.1, 0.15) is 0 Å². The monoisotopic (exact) mass is 421 g/mol. The number of morpholine rings is 1. The van der Waals surface area contributed by atoms with E-state index in [-0.39, 0.29) is 11.6 Å². The molecule has 7 heteroatoms. The van der Waals surface area contributed by atoms with E-state index < -0.39 is 0 Å². The van der Waals surface area contributed by atoms with Crippen molar-refractivity contribution in [2.45, 2.75) is 57.7 Å². The average Bonchev–Trinajstić information content (AvgIpc) is 3.26. The summed E-state index contributed by atoms with van der Waals surface area (Å²) in [6.07, 6.45) is 4.29. The molecule has 29 heavy (non-hydrogen) atoms. The zero-order valence-electron chi connectivity index (χ0n) is 18.6. The highest BCUT2D eigenvalue weighted by molar-refractivity contribution is 7.10. The first-order chi connectivity index (χ1) is 14.0. The predicted octanol–water partition coefficient (Wildman–Crippen LogP) is 2.94. The molecule has 0 aromatic carbocycles. The normalized spacial score (nSPS) is 23.7. The fourth-order valence-electron chi connectivity index (χ4n) is 4.34. The number of hydrogen-bond acceptors (Lipinski definition) is 5. The summed E-state index contributed by atoms with van der Waals surface area (Å²) < 4.78 is 5.76. The summed E-state index contributed by atoms with van der Waals surface area (Å²) in [6, 6.07) is 4.73. The van der Waals surface area contributed by atoms with E-state index >= 15 is 0 Å². The Morgan fingerprint density at radius 1 is 1.28 bits per heavy atom. The van der Waals surface area contributed by atoms with Crippen LogP contribution in [0.4, 0.5) is 0 Å². The molecule has 0 amide bonds. The van der Waals surface area contributed by atoms with Crippen LogP contribution in [0.1, 0.15) is 51.0 Å². The van der Waals surface area contributed by atoms with Gasteiger partial charge in [0.15, 0.2) is 5.96 Å². The van der Waals surface area contributed by atoms with Gasteiger partial charge in [0.25, 0.3) is 0 Å². The van der Waals surface area contributed by atoms with Gasteiger partial charge in [-0.15, -0.1) is 11.3 Å². The number of rotatable bonds is 7. The summed E-state index contributed by atoms with van der Waals surface area (Å²) in [5.41, 5.74) is 0.130. The Balaban J connectivity index is 1.55. The second-order valence-electron chi connectivity index (χ2n) is 8.87. The predicted molar refractivity (Wildman–Crippen MR) is 123 cm³/mol. The minimum absolute atomic E-state index is 0.130. The van der Waals surface area contributed by atoms with Crippen molar-refractivity contribution in [3.05, 3.63) is 22.4 Å². The molecule has 2 aliphatic rings. The number of ether oxygens (including phenoxy) is 1. The van der Waals surface area contributed by atoms with Crippen LogP contribution in [0.3, 0.4) is 0 Å². The van der Waals surface area contributed by atoms with Gasteiger partial charge in [-0.3, -0.25) is 14.8 Å². The number of guanidine groups is 1. The van der Waals surface area contributed by atoms with E-state index in [1.807, 2.05) is 18.4 Å². The molecule has 2 saturated heterocycles. The molecule has 164 valence electrons. The highest BCUT2D eigenvalue weighted by atomic mass is 32.1. The second kappa shape index (κ2) is 10.8. The molecule has 6 nitrogen and oxygen atoms in total. The molecule has 3 rings (SSSR count). The third-order valence-corrected chi connectivity index (χ3v) is 7.15. The Kier molecular flexibility index (Phi) is 8.35. The number of likely N-dealkylation sites (tertiary alicyclic amines) is 1. The van der Waals surface area contributed by atoms with E-state index in [1.165, 1.54) is 37.2 Å². The first-order valence-electron chi connectivity index (χ1n) is 11.1. The molecule has 2 unspecified atom stereocenters. The molecular weight excluding hydrogens is 382 g/mol. The van der Waals surface area contributed by atoms with Crippen LogP contribution in [-0.2, 0) is 4.74 Å². The van der Waals surface area contributed by atoms with E-state index in [9.17, 15) is 0 Å². The van der Waals surface area contributed by atoms with Crippen LogP contribution in [-0.4, -0.2) is 80.3 Å². The van der Waals surface area contributed by atoms with Crippen LogP contribution < -0.4 is 10.6 Å². The number of nitrogens with one attached hydrogen (secondary N) is 2. The number of nitrogens with zero attached hydrogens (tertiary/aromatic N) is 3. The van der Waals surface area contributed by atoms with Crippen molar-refractivity contribution in [2.24, 2.45) is 4.99 Å². The highest BCUT2D eigenvalue weighted by Crippen LogP contribution is 2.26. The van der Waals surface area contributed by atoms with Crippen molar-refractivity contribution in [2.75, 3.05) is 52.9 Å². The molecule has 3 heterocycles. The SMILES string of the molecule is CN=C(NCC(c1cccs1)N1CCOC(C)C1)NCC(C)(C)N1CCCCC1. The summed E-state index contributed by atoms with van der Waals surface area (Å²) in [7, 11) is 1.86. The summed E-state index contributed by atoms with van der Waals surface area (Å²) >= 11 is 1.83. The van der Waals surface area contributed by atoms with Crippen LogP contribution in [0.2, 0.25) is 0 Å². The van der Waals surface area contributed by atoms with Crippen molar-refractivity contribution in [1.82, 2.24) is 20.4 Å². The highest BCUT2D eigenvalue weighted by Gasteiger charge is 2.29. The third-order valence-electron chi connectivity index (χ3n) is 6.17. The van der Waals surface area contributed by atoms with Gasteiger partial charge in [-0.05, 0) is 58.1 Å². The van der Waals surface area contributed by atoms with E-state index in [4.69, 9.17) is 4.74 Å². The molecule has 1 aromatic rings. The smallest absolute Gasteiger partial charge is 0.191 e. The molecular formula is C22H39N5OS. The fraction of sp³-hybridized carbons (Fsp3) is 0.773. The largest absolute Gasteiger partial charge is 0.376 e. The lowest BCUT2D eigenvalue weighted by Crippen LogP contribution is -2.55. The van der Waals surface area contributed by atoms with E-state index in [0.717, 1.165) is 38.7 Å². The maximum Gasteiger partial charge on any atom is 0.191 e. The van der Waals surface area contributed by atoms with Crippen molar-refractivity contribution in [3.63, 3.8) is 0 Å². The molecule has 0 aliphatic carbocycles. The summed E-state index contributed by atoms with van der Waals surface area (Å²) in [6.45, 7) is 13.7. The molecule has 2 N–H and O–H groups in total. The van der Waals surface area contributed by atoms with Crippen molar-refractivity contribution >= 4 is 17.3 Å². The Hall–Kier alpha value is -1.15. The Morgan fingerprint density at radius 3 is 2.72 bits per heavy atom. The molecule has 0 radical (unpaired) electrons. The van der Waals surface area contributed by atoms with Gasteiger partial charge >= 0.3 is 0 Å². The maximum absolute atomic E-state index is 5.76. The van der Waals surface area contributed by atoms with E-state index in [2.05, 4.69) is 63.7 Å². The molecule has 2 aliphatic heterocycles. The maximum atomic E-state index is 5.76. The van der Waals surface area contributed by atoms with Crippen LogP contribution >= 0.6 is 11.3 Å². The minimum Gasteiger partial charge on any atom is -0.376 e. The average molecular weight is 422 g/mol. The zero-order valence-corrected chi connectivity index (χ0v) is 19.4. The van der Waals surface area contributed by atoms with Gasteiger partial charge in [-0.2, -0.15) is 0 Å². The Labute approximate surface area is 180 Å². The minimum atomic E-state index is 0.130. The van der Waals surface area contributed by atoms with Gasteiger partial charge in [0.2, 0.25) is 0 Å². The van der Waals surface area contributed by atoms with E-state index in [0.29, 0.717) is 6.04 Å². The molecule has 0 bridgehead atoms. The topological polar surface area (TPSA) is 52.1 Å². The number of hydrogen-bond donors (Lipinski definition) is 2. The molecule has 0 saturated carbocycles. The van der Waals surface area contributed by atoms with Gasteiger partial charge < -0.3 is 15.4 Å². The number of aliphatic imine (C=N–C) groups is 1. The third kappa shape index (κ3) is 6.41. The lowest BCUT2D eigenvalue weighted by atomic mass is 9.98. The number of piperidine rings is 1. The van der Waals surface area contributed by atoms with Crippen molar-refractivity contribution in [1.29, 1.82) is 0 Å². The van der Waals surface area contributed by atoms with Gasteiger partial charge in [-0.1, -0.05) is 12.5 Å². The van der Waals surface area contributed by atoms with Crippen LogP contribution in [0.5, 0.6) is 0 Å². The summed E-state index contributed by atoms with van der Waals surface area (Å²) in [5.74, 6) is 0.887. The van der Waals surface area contributed by atoms with Crippen molar-refractivity contribution in [3.8, 4) is 0 Å². The van der Waals surface area contributed by atoms with Gasteiger partial charge in [-0.25, -0.2) is 0 Å². The Morgan fingerprint density at radius 2 is 2.07 bits per heavy atom. The van der Waals surface area contributed by atoms with Crippen molar-refractivity contribution < 1.29 is 4.74 Å². The van der Waals surface area contributed by atoms with Crippen LogP contribution in [0.25, 0.3) is 0 Å². The van der Waals surface area contributed by atoms with E-state index in [1.54, 1.807) is 0 Å². The quantitative estimate of drug-likeness (QED) is 0.524. The molecule has 1 aromatic heterocycles. The molecule has 2 fully saturated rings. The van der Waals surface area contributed by atoms with Gasteiger partial charge in [0.05, 0.1) is 18.8 Å².